The van der Waals surface area contributed by atoms with Crippen LogP contribution in [0.25, 0.3) is 6.08 Å². The van der Waals surface area contributed by atoms with Gasteiger partial charge in [0.05, 0.1) is 12.2 Å². The van der Waals surface area contributed by atoms with Gasteiger partial charge in [0.25, 0.3) is 5.91 Å². The van der Waals surface area contributed by atoms with Gasteiger partial charge < -0.3 is 9.47 Å². The molecule has 3 aromatic rings. The van der Waals surface area contributed by atoms with Crippen molar-refractivity contribution >= 4 is 51.4 Å². The van der Waals surface area contributed by atoms with Crippen molar-refractivity contribution in [2.75, 3.05) is 6.61 Å². The molecule has 5 rings (SSSR count). The molecule has 2 heterocycles. The van der Waals surface area contributed by atoms with Crippen LogP contribution >= 0.6 is 23.4 Å². The molecule has 0 saturated heterocycles. The molecule has 0 aliphatic carbocycles. The van der Waals surface area contributed by atoms with E-state index in [1.165, 1.54) is 16.8 Å². The minimum atomic E-state index is -0.485. The molecule has 37 heavy (non-hydrogen) atoms. The van der Waals surface area contributed by atoms with E-state index >= 15 is 0 Å². The number of carbonyl (C=O) groups is 1. The van der Waals surface area contributed by atoms with Crippen LogP contribution in [0, 0.1) is 12.3 Å². The normalized spacial score (nSPS) is 16.0. The molecule has 9 heteroatoms. The van der Waals surface area contributed by atoms with Gasteiger partial charge in [0.1, 0.15) is 11.7 Å². The second kappa shape index (κ2) is 10.6. The largest absolute Gasteiger partial charge is 0.490 e. The maximum atomic E-state index is 12.9. The third-order valence-corrected chi connectivity index (χ3v) is 7.00. The standard InChI is InChI=1S/C28H23ClN4O3S/c1-3-35-24-15-18(10-13-23(24)36-16-20-6-4-5-7-22(20)29)14-21-25(30)33-28(31-26(21)34)37-27(32-33)19-11-8-17(2)9-12-19/h4-15,30H,3,16H2,1-2H3. The Morgan fingerprint density at radius 2 is 1.84 bits per heavy atom. The Balaban J connectivity index is 1.39. The van der Waals surface area contributed by atoms with E-state index in [9.17, 15) is 4.79 Å². The summed E-state index contributed by atoms with van der Waals surface area (Å²) in [5, 5.41) is 16.3. The first-order chi connectivity index (χ1) is 17.9. The number of thioether (sulfide) groups is 1. The van der Waals surface area contributed by atoms with Gasteiger partial charge in [-0.2, -0.15) is 15.1 Å². The third-order valence-electron chi connectivity index (χ3n) is 5.67. The van der Waals surface area contributed by atoms with Crippen LogP contribution in [0.5, 0.6) is 11.5 Å². The molecule has 0 saturated carbocycles. The third kappa shape index (κ3) is 5.30. The molecule has 1 amide bonds. The van der Waals surface area contributed by atoms with Crippen molar-refractivity contribution in [2.45, 2.75) is 20.5 Å². The Bertz CT molecular complexity index is 1480. The van der Waals surface area contributed by atoms with E-state index in [-0.39, 0.29) is 18.0 Å². The van der Waals surface area contributed by atoms with Gasteiger partial charge in [0.15, 0.2) is 17.3 Å². The lowest BCUT2D eigenvalue weighted by Gasteiger charge is -2.20. The number of hydrogen-bond donors (Lipinski definition) is 1. The van der Waals surface area contributed by atoms with Crippen LogP contribution in [0.2, 0.25) is 5.02 Å². The highest BCUT2D eigenvalue weighted by atomic mass is 35.5. The van der Waals surface area contributed by atoms with Crippen LogP contribution in [-0.2, 0) is 11.4 Å². The zero-order chi connectivity index (χ0) is 25.9. The number of carbonyl (C=O) groups excluding carboxylic acids is 1. The number of nitrogens with one attached hydrogen (secondary N) is 1. The minimum absolute atomic E-state index is 0.0263. The molecule has 1 N–H and O–H groups in total. The summed E-state index contributed by atoms with van der Waals surface area (Å²) in [6.45, 7) is 4.62. The Morgan fingerprint density at radius 3 is 2.59 bits per heavy atom. The molecule has 0 atom stereocenters. The second-order valence-corrected chi connectivity index (χ2v) is 9.67. The van der Waals surface area contributed by atoms with E-state index in [1.807, 2.05) is 62.4 Å². The first-order valence-electron chi connectivity index (χ1n) is 11.6. The van der Waals surface area contributed by atoms with E-state index in [1.54, 1.807) is 24.3 Å². The number of amidine groups is 2. The average Bonchev–Trinajstić information content (AvgIpc) is 3.31. The summed E-state index contributed by atoms with van der Waals surface area (Å²) in [5.41, 5.74) is 3.73. The predicted molar refractivity (Wildman–Crippen MR) is 149 cm³/mol. The van der Waals surface area contributed by atoms with Crippen LogP contribution in [0.15, 0.2) is 82.4 Å². The van der Waals surface area contributed by atoms with Crippen molar-refractivity contribution in [3.8, 4) is 11.5 Å². The number of amides is 1. The Labute approximate surface area is 224 Å². The molecular weight excluding hydrogens is 508 g/mol. The van der Waals surface area contributed by atoms with Crippen LogP contribution in [0.4, 0.5) is 0 Å². The van der Waals surface area contributed by atoms with Gasteiger partial charge >= 0.3 is 0 Å². The average molecular weight is 531 g/mol. The number of hydrazone groups is 1. The number of aliphatic imine (C=N–C) groups is 1. The van der Waals surface area contributed by atoms with E-state index in [2.05, 4.69) is 10.1 Å². The molecule has 7 nitrogen and oxygen atoms in total. The summed E-state index contributed by atoms with van der Waals surface area (Å²) in [6.07, 6.45) is 1.62. The van der Waals surface area contributed by atoms with E-state index < -0.39 is 5.91 Å². The van der Waals surface area contributed by atoms with E-state index in [0.29, 0.717) is 38.9 Å². The fourth-order valence-corrected chi connectivity index (χ4v) is 4.83. The van der Waals surface area contributed by atoms with Crippen molar-refractivity contribution in [3.63, 3.8) is 0 Å². The molecule has 0 bridgehead atoms. The van der Waals surface area contributed by atoms with E-state index in [4.69, 9.17) is 26.5 Å². The lowest BCUT2D eigenvalue weighted by atomic mass is 10.1. The second-order valence-electron chi connectivity index (χ2n) is 8.31. The number of halogens is 1. The number of hydrogen-bond acceptors (Lipinski definition) is 6. The van der Waals surface area contributed by atoms with Gasteiger partial charge in [-0.3, -0.25) is 10.2 Å². The van der Waals surface area contributed by atoms with Crippen molar-refractivity contribution in [3.05, 3.63) is 99.6 Å². The molecular formula is C28H23ClN4O3S. The van der Waals surface area contributed by atoms with Crippen LogP contribution < -0.4 is 9.47 Å². The Hall–Kier alpha value is -3.88. The molecule has 0 aromatic heterocycles. The van der Waals surface area contributed by atoms with Gasteiger partial charge in [-0.1, -0.05) is 65.7 Å². The topological polar surface area (TPSA) is 87.3 Å². The molecule has 0 fully saturated rings. The smallest absolute Gasteiger partial charge is 0.283 e. The lowest BCUT2D eigenvalue weighted by molar-refractivity contribution is -0.114. The Kier molecular flexibility index (Phi) is 7.12. The predicted octanol–water partition coefficient (Wildman–Crippen LogP) is 6.29. The fraction of sp³-hybridized carbons (Fsp3) is 0.143. The van der Waals surface area contributed by atoms with Crippen molar-refractivity contribution in [1.82, 2.24) is 5.01 Å². The van der Waals surface area contributed by atoms with Crippen molar-refractivity contribution < 1.29 is 14.3 Å². The SMILES string of the molecule is CCOc1cc(C=C2C(=N)N3N=C(c4ccc(C)cc4)SC3=NC2=O)ccc1OCc1ccccc1Cl. The maximum Gasteiger partial charge on any atom is 0.283 e. The van der Waals surface area contributed by atoms with Crippen LogP contribution in [0.3, 0.4) is 0 Å². The summed E-state index contributed by atoms with van der Waals surface area (Å²) in [5.74, 6) is 0.569. The van der Waals surface area contributed by atoms with Crippen molar-refractivity contribution in [1.29, 1.82) is 5.41 Å². The number of fused-ring (bicyclic) bond motifs is 1. The van der Waals surface area contributed by atoms with Gasteiger partial charge in [0.2, 0.25) is 5.17 Å². The zero-order valence-corrected chi connectivity index (χ0v) is 21.8. The maximum absolute atomic E-state index is 12.9. The summed E-state index contributed by atoms with van der Waals surface area (Å²) >= 11 is 7.52. The molecule has 3 aromatic carbocycles. The number of benzene rings is 3. The van der Waals surface area contributed by atoms with E-state index in [0.717, 1.165) is 16.7 Å². The quantitative estimate of drug-likeness (QED) is 0.362. The summed E-state index contributed by atoms with van der Waals surface area (Å²) in [4.78, 5) is 17.0. The van der Waals surface area contributed by atoms with Crippen molar-refractivity contribution in [2.24, 2.45) is 10.1 Å². The lowest BCUT2D eigenvalue weighted by Crippen LogP contribution is -2.35. The first kappa shape index (κ1) is 24.8. The van der Waals surface area contributed by atoms with Gasteiger partial charge in [-0.05, 0) is 55.4 Å². The van der Waals surface area contributed by atoms with Gasteiger partial charge in [0, 0.05) is 16.1 Å². The van der Waals surface area contributed by atoms with Crippen LogP contribution in [-0.4, -0.2) is 33.6 Å². The highest BCUT2D eigenvalue weighted by Crippen LogP contribution is 2.33. The fourth-order valence-electron chi connectivity index (χ4n) is 3.74. The molecule has 2 aliphatic rings. The summed E-state index contributed by atoms with van der Waals surface area (Å²) < 4.78 is 11.8. The zero-order valence-electron chi connectivity index (χ0n) is 20.2. The summed E-state index contributed by atoms with van der Waals surface area (Å²) in [7, 11) is 0. The van der Waals surface area contributed by atoms with Crippen LogP contribution in [0.1, 0.15) is 29.2 Å². The number of nitrogens with zero attached hydrogens (tertiary/aromatic N) is 3. The monoisotopic (exact) mass is 530 g/mol. The summed E-state index contributed by atoms with van der Waals surface area (Å²) in [6, 6.07) is 20.8. The Morgan fingerprint density at radius 1 is 1.05 bits per heavy atom. The first-order valence-corrected chi connectivity index (χ1v) is 12.8. The molecule has 0 unspecified atom stereocenters. The van der Waals surface area contributed by atoms with Gasteiger partial charge in [-0.25, -0.2) is 0 Å². The molecule has 0 radical (unpaired) electrons. The molecule has 186 valence electrons. The minimum Gasteiger partial charge on any atom is -0.490 e. The highest BCUT2D eigenvalue weighted by molar-refractivity contribution is 8.27. The molecule has 0 spiro atoms. The number of aryl methyl sites for hydroxylation is 1. The molecule has 2 aliphatic heterocycles. The highest BCUT2D eigenvalue weighted by Gasteiger charge is 2.36. The number of ether oxygens (including phenoxy) is 2. The van der Waals surface area contributed by atoms with Gasteiger partial charge in [-0.15, -0.1) is 0 Å². The number of rotatable bonds is 7.